The van der Waals surface area contributed by atoms with Crippen LogP contribution in [-0.4, -0.2) is 56.6 Å². The van der Waals surface area contributed by atoms with Gasteiger partial charge in [0.2, 0.25) is 5.91 Å². The van der Waals surface area contributed by atoms with Crippen molar-refractivity contribution >= 4 is 49.1 Å². The Balaban J connectivity index is 1.54. The second-order valence-electron chi connectivity index (χ2n) is 9.61. The number of nitrogen functional groups attached to an aromatic ring is 1. The van der Waals surface area contributed by atoms with Crippen LogP contribution in [0.4, 0.5) is 13.8 Å². The van der Waals surface area contributed by atoms with Gasteiger partial charge in [-0.2, -0.15) is 10.4 Å². The zero-order valence-electron chi connectivity index (χ0n) is 20.4. The molecule has 4 aromatic rings. The molecule has 192 valence electrons. The molecule has 0 spiro atoms. The van der Waals surface area contributed by atoms with Crippen molar-refractivity contribution in [3.05, 3.63) is 59.8 Å². The third-order valence-electron chi connectivity index (χ3n) is 7.54. The molecule has 0 saturated carbocycles. The van der Waals surface area contributed by atoms with Crippen LogP contribution in [0.25, 0.3) is 32.1 Å². The first-order chi connectivity index (χ1) is 18.2. The van der Waals surface area contributed by atoms with Gasteiger partial charge in [0.1, 0.15) is 22.7 Å². The van der Waals surface area contributed by atoms with Crippen molar-refractivity contribution in [1.82, 2.24) is 19.6 Å². The number of carbonyl (C=O) groups excluding carboxylic acids is 2. The lowest BCUT2D eigenvalue weighted by Gasteiger charge is -2.45. The molecular formula is C27H22F2N6O2S. The average molecular weight is 533 g/mol. The summed E-state index contributed by atoms with van der Waals surface area (Å²) in [5.74, 6) is -1.77. The maximum Gasteiger partial charge on any atom is 0.256 e. The number of halogens is 2. The molecule has 11 heteroatoms. The number of nitriles is 1. The predicted octanol–water partition coefficient (Wildman–Crippen LogP) is 4.28. The van der Waals surface area contributed by atoms with Gasteiger partial charge in [0, 0.05) is 42.0 Å². The number of piperazine rings is 1. The molecule has 2 aromatic carbocycles. The largest absolute Gasteiger partial charge is 0.389 e. The van der Waals surface area contributed by atoms with E-state index in [1.165, 1.54) is 30.5 Å². The number of fused-ring (bicyclic) bond motifs is 2. The Bertz CT molecular complexity index is 1740. The smallest absolute Gasteiger partial charge is 0.256 e. The van der Waals surface area contributed by atoms with Gasteiger partial charge in [0.05, 0.1) is 33.6 Å². The molecule has 8 nitrogen and oxygen atoms in total. The molecule has 2 N–H and O–H groups in total. The summed E-state index contributed by atoms with van der Waals surface area (Å²) in [5.41, 5.74) is 7.17. The third kappa shape index (κ3) is 3.33. The molecule has 4 heterocycles. The second kappa shape index (κ2) is 8.63. The lowest BCUT2D eigenvalue weighted by Crippen LogP contribution is -2.60. The summed E-state index contributed by atoms with van der Waals surface area (Å²) in [6.45, 7) is 6.54. The summed E-state index contributed by atoms with van der Waals surface area (Å²) < 4.78 is 32.5. The van der Waals surface area contributed by atoms with Crippen LogP contribution in [0, 0.1) is 23.0 Å². The van der Waals surface area contributed by atoms with Gasteiger partial charge < -0.3 is 15.5 Å². The van der Waals surface area contributed by atoms with Gasteiger partial charge >= 0.3 is 0 Å². The summed E-state index contributed by atoms with van der Waals surface area (Å²) in [6, 6.07) is 5.38. The first-order valence-corrected chi connectivity index (χ1v) is 12.9. The lowest BCUT2D eigenvalue weighted by molar-refractivity contribution is -0.131. The molecule has 2 atom stereocenters. The van der Waals surface area contributed by atoms with E-state index in [4.69, 9.17) is 5.73 Å². The topological polar surface area (TPSA) is 108 Å². The zero-order chi connectivity index (χ0) is 26.9. The van der Waals surface area contributed by atoms with Crippen LogP contribution in [0.1, 0.15) is 29.3 Å². The van der Waals surface area contributed by atoms with Gasteiger partial charge in [-0.1, -0.05) is 12.6 Å². The van der Waals surface area contributed by atoms with Gasteiger partial charge in [-0.25, -0.2) is 8.78 Å². The Kier molecular flexibility index (Phi) is 5.47. The minimum Gasteiger partial charge on any atom is -0.389 e. The highest BCUT2D eigenvalue weighted by Gasteiger charge is 2.39. The molecule has 0 radical (unpaired) electrons. The van der Waals surface area contributed by atoms with Crippen molar-refractivity contribution in [3.63, 3.8) is 0 Å². The summed E-state index contributed by atoms with van der Waals surface area (Å²) >= 11 is 0.939. The average Bonchev–Trinajstić information content (AvgIpc) is 3.47. The monoisotopic (exact) mass is 532 g/mol. The van der Waals surface area contributed by atoms with Gasteiger partial charge in [-0.3, -0.25) is 14.3 Å². The molecule has 2 amide bonds. The quantitative estimate of drug-likeness (QED) is 0.388. The summed E-state index contributed by atoms with van der Waals surface area (Å²) in [6.07, 6.45) is 3.32. The van der Waals surface area contributed by atoms with Crippen LogP contribution in [0.15, 0.2) is 37.1 Å². The fourth-order valence-corrected chi connectivity index (χ4v) is 6.70. The van der Waals surface area contributed by atoms with E-state index in [2.05, 4.69) is 11.7 Å². The molecule has 2 aliphatic heterocycles. The van der Waals surface area contributed by atoms with E-state index in [0.717, 1.165) is 11.3 Å². The van der Waals surface area contributed by atoms with E-state index in [0.29, 0.717) is 42.5 Å². The Morgan fingerprint density at radius 2 is 2.08 bits per heavy atom. The summed E-state index contributed by atoms with van der Waals surface area (Å²) in [7, 11) is 0. The van der Waals surface area contributed by atoms with Crippen molar-refractivity contribution in [3.8, 4) is 17.2 Å². The number of nitrogens with two attached hydrogens (primary N) is 1. The molecule has 1 fully saturated rings. The Hall–Kier alpha value is -4.30. The molecular weight excluding hydrogens is 510 g/mol. The SMILES string of the molecule is C=CC(=O)N1C[C@H]2CCn3ncc4c(-c5ccc(F)c6sc(N)c(C#N)c56)c(F)cc(c43)C(=O)N2C[C@H]1C. The Labute approximate surface area is 220 Å². The molecule has 0 unspecified atom stereocenters. The van der Waals surface area contributed by atoms with E-state index >= 15 is 4.39 Å². The van der Waals surface area contributed by atoms with Crippen molar-refractivity contribution in [2.45, 2.75) is 32.0 Å². The molecule has 2 aliphatic rings. The van der Waals surface area contributed by atoms with E-state index in [1.54, 1.807) is 14.5 Å². The number of hydrogen-bond acceptors (Lipinski definition) is 6. The fourth-order valence-electron chi connectivity index (χ4n) is 5.75. The number of rotatable bonds is 2. The van der Waals surface area contributed by atoms with Crippen LogP contribution in [0.3, 0.4) is 0 Å². The maximum atomic E-state index is 16.0. The summed E-state index contributed by atoms with van der Waals surface area (Å²) in [4.78, 5) is 29.6. The van der Waals surface area contributed by atoms with Crippen molar-refractivity contribution in [2.24, 2.45) is 0 Å². The standard InChI is InChI=1S/C27H22F2N6O2S/c1-3-21(36)33-12-14-6-7-35-24-16(27(37)34(14)11-13(33)2)8-20(29)22(18(24)10-32-35)15-4-5-19(28)25-23(15)17(9-30)26(31)38-25/h3-5,8,10,13-14H,1,6-7,11-12,31H2,2H3/t13-,14-/m1/s1. The van der Waals surface area contributed by atoms with Crippen LogP contribution in [0.5, 0.6) is 0 Å². The molecule has 6 rings (SSSR count). The minimum absolute atomic E-state index is 0.0875. The van der Waals surface area contributed by atoms with Crippen molar-refractivity contribution in [1.29, 1.82) is 5.26 Å². The highest BCUT2D eigenvalue weighted by atomic mass is 32.1. The second-order valence-corrected chi connectivity index (χ2v) is 10.7. The van der Waals surface area contributed by atoms with E-state index in [9.17, 15) is 19.2 Å². The van der Waals surface area contributed by atoms with Gasteiger partial charge in [-0.05, 0) is 37.1 Å². The highest BCUT2D eigenvalue weighted by Crippen LogP contribution is 2.44. The molecule has 1 saturated heterocycles. The van der Waals surface area contributed by atoms with E-state index < -0.39 is 11.6 Å². The molecule has 2 aromatic heterocycles. The first-order valence-electron chi connectivity index (χ1n) is 12.1. The highest BCUT2D eigenvalue weighted by molar-refractivity contribution is 7.23. The Morgan fingerprint density at radius 1 is 1.29 bits per heavy atom. The molecule has 38 heavy (non-hydrogen) atoms. The van der Waals surface area contributed by atoms with Crippen LogP contribution in [-0.2, 0) is 11.3 Å². The van der Waals surface area contributed by atoms with Crippen LogP contribution < -0.4 is 5.73 Å². The number of benzene rings is 2. The number of carbonyl (C=O) groups is 2. The van der Waals surface area contributed by atoms with Crippen LogP contribution >= 0.6 is 11.3 Å². The number of amides is 2. The number of anilines is 1. The number of aryl methyl sites for hydroxylation is 1. The Morgan fingerprint density at radius 3 is 2.82 bits per heavy atom. The molecule has 0 aliphatic carbocycles. The van der Waals surface area contributed by atoms with Crippen molar-refractivity contribution in [2.75, 3.05) is 18.8 Å². The number of hydrogen-bond donors (Lipinski definition) is 1. The predicted molar refractivity (Wildman–Crippen MR) is 140 cm³/mol. The number of aromatic nitrogens is 2. The minimum atomic E-state index is -0.687. The normalized spacial score (nSPS) is 19.3. The summed E-state index contributed by atoms with van der Waals surface area (Å²) in [5, 5.41) is 15.0. The molecule has 0 bridgehead atoms. The van der Waals surface area contributed by atoms with Gasteiger partial charge in [-0.15, -0.1) is 11.3 Å². The van der Waals surface area contributed by atoms with Gasteiger partial charge in [0.25, 0.3) is 5.91 Å². The fraction of sp³-hybridized carbons (Fsp3) is 0.259. The first kappa shape index (κ1) is 24.1. The number of thiophene rings is 1. The zero-order valence-corrected chi connectivity index (χ0v) is 21.2. The van der Waals surface area contributed by atoms with Crippen LogP contribution in [0.2, 0.25) is 0 Å². The van der Waals surface area contributed by atoms with Crippen molar-refractivity contribution < 1.29 is 18.4 Å². The van der Waals surface area contributed by atoms with E-state index in [1.807, 2.05) is 13.0 Å². The van der Waals surface area contributed by atoms with E-state index in [-0.39, 0.29) is 55.7 Å². The third-order valence-corrected chi connectivity index (χ3v) is 8.56. The van der Waals surface area contributed by atoms with Gasteiger partial charge in [0.15, 0.2) is 0 Å². The maximum absolute atomic E-state index is 16.0. The lowest BCUT2D eigenvalue weighted by atomic mass is 9.93. The number of nitrogens with zero attached hydrogens (tertiary/aromatic N) is 5.